The van der Waals surface area contributed by atoms with Crippen LogP contribution in [-0.2, 0) is 11.2 Å². The number of urea groups is 1. The molecule has 1 atom stereocenters. The van der Waals surface area contributed by atoms with Gasteiger partial charge in [-0.05, 0) is 43.0 Å². The summed E-state index contributed by atoms with van der Waals surface area (Å²) in [5, 5.41) is 2.77. The van der Waals surface area contributed by atoms with Gasteiger partial charge in [-0.15, -0.1) is 0 Å². The van der Waals surface area contributed by atoms with Crippen LogP contribution in [0.15, 0.2) is 60.7 Å². The molecule has 2 aromatic carbocycles. The van der Waals surface area contributed by atoms with E-state index in [-0.39, 0.29) is 18.2 Å². The average Bonchev–Trinajstić information content (AvgIpc) is 2.91. The predicted molar refractivity (Wildman–Crippen MR) is 106 cm³/mol. The number of carbonyl (C=O) groups excluding carboxylic acids is 2. The Morgan fingerprint density at radius 2 is 1.79 bits per heavy atom. The molecule has 5 nitrogen and oxygen atoms in total. The van der Waals surface area contributed by atoms with Gasteiger partial charge in [-0.25, -0.2) is 4.79 Å². The third-order valence-corrected chi connectivity index (χ3v) is 4.81. The predicted octanol–water partition coefficient (Wildman–Crippen LogP) is 4.24. The lowest BCUT2D eigenvalue weighted by molar-refractivity contribution is -0.130. The number of ether oxygens (including phenoxy) is 1. The number of hydrogen-bond donors (Lipinski definition) is 1. The van der Waals surface area contributed by atoms with Crippen LogP contribution >= 0.6 is 0 Å². The molecule has 1 saturated heterocycles. The van der Waals surface area contributed by atoms with Crippen LogP contribution in [0.4, 0.5) is 13.6 Å². The number of halogens is 2. The van der Waals surface area contributed by atoms with Crippen LogP contribution < -0.4 is 10.1 Å². The van der Waals surface area contributed by atoms with E-state index in [1.807, 2.05) is 36.4 Å². The highest BCUT2D eigenvalue weighted by Gasteiger charge is 2.46. The van der Waals surface area contributed by atoms with E-state index in [4.69, 9.17) is 0 Å². The fourth-order valence-electron chi connectivity index (χ4n) is 3.17. The van der Waals surface area contributed by atoms with Crippen LogP contribution in [0.2, 0.25) is 0 Å². The van der Waals surface area contributed by atoms with E-state index >= 15 is 0 Å². The number of nitrogens with zero attached hydrogens (tertiary/aromatic N) is 1. The van der Waals surface area contributed by atoms with Gasteiger partial charge in [-0.2, -0.15) is 8.78 Å². The minimum Gasteiger partial charge on any atom is -0.435 e. The minimum absolute atomic E-state index is 0.0802. The Bertz CT molecular complexity index is 885. The molecule has 152 valence electrons. The zero-order valence-electron chi connectivity index (χ0n) is 16.0. The summed E-state index contributed by atoms with van der Waals surface area (Å²) in [6.07, 6.45) is 4.54. The minimum atomic E-state index is -2.87. The third kappa shape index (κ3) is 5.19. The lowest BCUT2D eigenvalue weighted by Crippen LogP contribution is -2.44. The number of hydrogen-bond acceptors (Lipinski definition) is 3. The van der Waals surface area contributed by atoms with Gasteiger partial charge in [0, 0.05) is 6.54 Å². The lowest BCUT2D eigenvalue weighted by atomic mass is 9.93. The van der Waals surface area contributed by atoms with Gasteiger partial charge < -0.3 is 10.1 Å². The number of rotatable bonds is 8. The summed E-state index contributed by atoms with van der Waals surface area (Å²) in [6, 6.07) is 15.4. The summed E-state index contributed by atoms with van der Waals surface area (Å²) in [5.74, 6) is -0.200. The molecule has 0 spiro atoms. The van der Waals surface area contributed by atoms with Gasteiger partial charge >= 0.3 is 12.6 Å². The molecule has 1 aliphatic heterocycles. The molecular weight excluding hydrogens is 378 g/mol. The van der Waals surface area contributed by atoms with Crippen molar-refractivity contribution >= 4 is 18.0 Å². The second kappa shape index (κ2) is 8.86. The number of carbonyl (C=O) groups is 2. The van der Waals surface area contributed by atoms with Crippen LogP contribution in [0.25, 0.3) is 6.08 Å². The lowest BCUT2D eigenvalue weighted by Gasteiger charge is -2.21. The summed E-state index contributed by atoms with van der Waals surface area (Å²) in [4.78, 5) is 26.2. The highest BCUT2D eigenvalue weighted by Crippen LogP contribution is 2.24. The number of imide groups is 1. The second-order valence-corrected chi connectivity index (χ2v) is 7.01. The number of alkyl halides is 2. The SMILES string of the molecule is CC1(CCc2ccc(OC(F)F)cc2)NC(=O)N(CC=Cc2ccccc2)C1=O. The van der Waals surface area contributed by atoms with Crippen molar-refractivity contribution in [1.82, 2.24) is 10.2 Å². The van der Waals surface area contributed by atoms with Crippen molar-refractivity contribution in [1.29, 1.82) is 0 Å². The molecule has 0 aliphatic carbocycles. The first-order chi connectivity index (χ1) is 13.9. The first kappa shape index (κ1) is 20.5. The summed E-state index contributed by atoms with van der Waals surface area (Å²) in [5.41, 5.74) is 0.842. The molecular formula is C22H22F2N2O3. The molecule has 1 aliphatic rings. The van der Waals surface area contributed by atoms with Gasteiger partial charge in [-0.1, -0.05) is 54.6 Å². The molecule has 0 radical (unpaired) electrons. The van der Waals surface area contributed by atoms with Gasteiger partial charge in [0.2, 0.25) is 0 Å². The van der Waals surface area contributed by atoms with Crippen molar-refractivity contribution in [2.45, 2.75) is 31.9 Å². The molecule has 7 heteroatoms. The van der Waals surface area contributed by atoms with Crippen LogP contribution in [-0.4, -0.2) is 35.5 Å². The quantitative estimate of drug-likeness (QED) is 0.674. The number of benzene rings is 2. The molecule has 2 aromatic rings. The first-order valence-corrected chi connectivity index (χ1v) is 9.27. The van der Waals surface area contributed by atoms with E-state index in [9.17, 15) is 18.4 Å². The number of nitrogens with one attached hydrogen (secondary N) is 1. The Labute approximate surface area is 168 Å². The van der Waals surface area contributed by atoms with Crippen molar-refractivity contribution in [2.75, 3.05) is 6.54 Å². The Balaban J connectivity index is 1.58. The smallest absolute Gasteiger partial charge is 0.387 e. The van der Waals surface area contributed by atoms with Crippen LogP contribution in [0.5, 0.6) is 5.75 Å². The van der Waals surface area contributed by atoms with Crippen molar-refractivity contribution < 1.29 is 23.1 Å². The van der Waals surface area contributed by atoms with Crippen molar-refractivity contribution in [3.8, 4) is 5.75 Å². The maximum absolute atomic E-state index is 12.8. The van der Waals surface area contributed by atoms with E-state index in [2.05, 4.69) is 10.1 Å². The van der Waals surface area contributed by atoms with Crippen LogP contribution in [0.1, 0.15) is 24.5 Å². The Hall–Kier alpha value is -3.22. The summed E-state index contributed by atoms with van der Waals surface area (Å²) < 4.78 is 28.8. The van der Waals surface area contributed by atoms with Gasteiger partial charge in [0.25, 0.3) is 5.91 Å². The van der Waals surface area contributed by atoms with E-state index in [0.29, 0.717) is 12.8 Å². The molecule has 1 N–H and O–H groups in total. The van der Waals surface area contributed by atoms with Gasteiger partial charge in [0.15, 0.2) is 0 Å². The number of amides is 3. The summed E-state index contributed by atoms with van der Waals surface area (Å²) in [7, 11) is 0. The molecule has 0 saturated carbocycles. The van der Waals surface area contributed by atoms with Crippen molar-refractivity contribution in [3.63, 3.8) is 0 Å². The largest absolute Gasteiger partial charge is 0.435 e. The third-order valence-electron chi connectivity index (χ3n) is 4.81. The molecule has 29 heavy (non-hydrogen) atoms. The molecule has 3 amide bonds. The van der Waals surface area contributed by atoms with E-state index < -0.39 is 18.2 Å². The van der Waals surface area contributed by atoms with E-state index in [1.54, 1.807) is 25.1 Å². The van der Waals surface area contributed by atoms with E-state index in [1.165, 1.54) is 17.0 Å². The zero-order chi connectivity index (χ0) is 20.9. The average molecular weight is 400 g/mol. The van der Waals surface area contributed by atoms with Crippen molar-refractivity contribution in [3.05, 3.63) is 71.8 Å². The Morgan fingerprint density at radius 1 is 1.10 bits per heavy atom. The standard InChI is InChI=1S/C22H22F2N2O3/c1-22(14-13-17-9-11-18(12-10-17)29-20(23)24)19(27)26(21(28)25-22)15-5-8-16-6-3-2-4-7-16/h2-12,20H,13-15H2,1H3,(H,25,28). The van der Waals surface area contributed by atoms with Crippen LogP contribution in [0, 0.1) is 0 Å². The fraction of sp³-hybridized carbons (Fsp3) is 0.273. The highest BCUT2D eigenvalue weighted by atomic mass is 19.3. The molecule has 3 rings (SSSR count). The van der Waals surface area contributed by atoms with Gasteiger partial charge in [0.1, 0.15) is 11.3 Å². The molecule has 0 aromatic heterocycles. The van der Waals surface area contributed by atoms with Crippen molar-refractivity contribution in [2.24, 2.45) is 0 Å². The van der Waals surface area contributed by atoms with Gasteiger partial charge in [0.05, 0.1) is 0 Å². The van der Waals surface area contributed by atoms with E-state index in [0.717, 1.165) is 11.1 Å². The van der Waals surface area contributed by atoms with Gasteiger partial charge in [-0.3, -0.25) is 9.69 Å². The van der Waals surface area contributed by atoms with Crippen LogP contribution in [0.3, 0.4) is 0 Å². The number of aryl methyl sites for hydroxylation is 1. The summed E-state index contributed by atoms with van der Waals surface area (Å²) in [6.45, 7) is -0.981. The Morgan fingerprint density at radius 3 is 2.45 bits per heavy atom. The Kier molecular flexibility index (Phi) is 6.26. The molecule has 1 fully saturated rings. The molecule has 1 unspecified atom stereocenters. The monoisotopic (exact) mass is 400 g/mol. The highest BCUT2D eigenvalue weighted by molar-refractivity contribution is 6.06. The zero-order valence-corrected chi connectivity index (χ0v) is 16.0. The fourth-order valence-corrected chi connectivity index (χ4v) is 3.17. The maximum Gasteiger partial charge on any atom is 0.387 e. The normalized spacial score (nSPS) is 19.2. The molecule has 0 bridgehead atoms. The topological polar surface area (TPSA) is 58.6 Å². The maximum atomic E-state index is 12.8. The molecule has 1 heterocycles. The first-order valence-electron chi connectivity index (χ1n) is 9.27. The second-order valence-electron chi connectivity index (χ2n) is 7.01. The summed E-state index contributed by atoms with van der Waals surface area (Å²) >= 11 is 0.